The second-order valence-corrected chi connectivity index (χ2v) is 4.69. The van der Waals surface area contributed by atoms with Crippen molar-refractivity contribution in [3.05, 3.63) is 17.0 Å². The van der Waals surface area contributed by atoms with E-state index >= 15 is 0 Å². The van der Waals surface area contributed by atoms with Gasteiger partial charge in [0, 0.05) is 18.3 Å². The molecule has 0 bridgehead atoms. The van der Waals surface area contributed by atoms with Crippen LogP contribution in [0.1, 0.15) is 13.3 Å². The fourth-order valence-corrected chi connectivity index (χ4v) is 1.93. The Balaban J connectivity index is 2.14. The first-order chi connectivity index (χ1) is 6.70. The van der Waals surface area contributed by atoms with Crippen LogP contribution < -0.4 is 10.6 Å². The Morgan fingerprint density at radius 1 is 1.64 bits per heavy atom. The third-order valence-corrected chi connectivity index (χ3v) is 3.04. The van der Waals surface area contributed by atoms with Gasteiger partial charge in [-0.05, 0) is 35.8 Å². The zero-order chi connectivity index (χ0) is 10.0. The molecule has 0 radical (unpaired) electrons. The van der Waals surface area contributed by atoms with Gasteiger partial charge < -0.3 is 10.6 Å². The molecule has 0 spiro atoms. The average Bonchev–Trinajstić information content (AvgIpc) is 2.57. The van der Waals surface area contributed by atoms with Gasteiger partial charge in [-0.25, -0.2) is 9.97 Å². The minimum Gasteiger partial charge on any atom is -0.363 e. The summed E-state index contributed by atoms with van der Waals surface area (Å²) in [5.41, 5.74) is 0.108. The van der Waals surface area contributed by atoms with E-state index in [2.05, 4.69) is 43.5 Å². The molecule has 5 heteroatoms. The Bertz CT molecular complexity index is 322. The van der Waals surface area contributed by atoms with E-state index in [0.29, 0.717) is 0 Å². The first-order valence-corrected chi connectivity index (χ1v) is 5.43. The topological polar surface area (TPSA) is 49.8 Å². The number of aromatic nitrogens is 2. The molecule has 0 aromatic carbocycles. The number of hydrogen-bond donors (Lipinski definition) is 2. The molecule has 1 aromatic rings. The molecule has 2 N–H and O–H groups in total. The van der Waals surface area contributed by atoms with Crippen LogP contribution in [0.5, 0.6) is 0 Å². The van der Waals surface area contributed by atoms with Crippen LogP contribution in [0, 0.1) is 0 Å². The van der Waals surface area contributed by atoms with Crippen molar-refractivity contribution < 1.29 is 0 Å². The SMILES string of the molecule is CC1(Nc2ncncc2Br)CCNC1. The highest BCUT2D eigenvalue weighted by Crippen LogP contribution is 2.24. The third kappa shape index (κ3) is 2.04. The Kier molecular flexibility index (Phi) is 2.69. The first kappa shape index (κ1) is 9.86. The molecular weight excluding hydrogens is 244 g/mol. The summed E-state index contributed by atoms with van der Waals surface area (Å²) < 4.78 is 0.910. The molecule has 4 nitrogen and oxygen atoms in total. The Morgan fingerprint density at radius 2 is 2.50 bits per heavy atom. The molecule has 1 saturated heterocycles. The lowest BCUT2D eigenvalue weighted by molar-refractivity contribution is 0.563. The van der Waals surface area contributed by atoms with Crippen LogP contribution in [0.4, 0.5) is 5.82 Å². The highest BCUT2D eigenvalue weighted by atomic mass is 79.9. The number of halogens is 1. The molecule has 1 aromatic heterocycles. The zero-order valence-electron chi connectivity index (χ0n) is 8.05. The summed E-state index contributed by atoms with van der Waals surface area (Å²) in [6, 6.07) is 0. The molecule has 1 unspecified atom stereocenters. The lowest BCUT2D eigenvalue weighted by Gasteiger charge is -2.25. The second kappa shape index (κ2) is 3.82. The van der Waals surface area contributed by atoms with Gasteiger partial charge in [-0.3, -0.25) is 0 Å². The summed E-state index contributed by atoms with van der Waals surface area (Å²) >= 11 is 3.42. The van der Waals surface area contributed by atoms with Gasteiger partial charge in [0.1, 0.15) is 12.1 Å². The van der Waals surface area contributed by atoms with Crippen LogP contribution in [0.25, 0.3) is 0 Å². The monoisotopic (exact) mass is 256 g/mol. The van der Waals surface area contributed by atoms with Gasteiger partial charge in [-0.15, -0.1) is 0 Å². The molecule has 0 amide bonds. The van der Waals surface area contributed by atoms with Crippen molar-refractivity contribution in [3.63, 3.8) is 0 Å². The van der Waals surface area contributed by atoms with Crippen molar-refractivity contribution in [1.29, 1.82) is 0 Å². The highest BCUT2D eigenvalue weighted by molar-refractivity contribution is 9.10. The quantitative estimate of drug-likeness (QED) is 0.840. The van der Waals surface area contributed by atoms with Crippen molar-refractivity contribution >= 4 is 21.7 Å². The van der Waals surface area contributed by atoms with Crippen LogP contribution in [-0.2, 0) is 0 Å². The number of anilines is 1. The molecule has 0 saturated carbocycles. The number of nitrogens with one attached hydrogen (secondary N) is 2. The fraction of sp³-hybridized carbons (Fsp3) is 0.556. The van der Waals surface area contributed by atoms with Crippen molar-refractivity contribution in [3.8, 4) is 0 Å². The maximum absolute atomic E-state index is 4.19. The minimum atomic E-state index is 0.108. The van der Waals surface area contributed by atoms with E-state index in [1.807, 2.05) is 0 Å². The molecule has 2 rings (SSSR count). The summed E-state index contributed by atoms with van der Waals surface area (Å²) in [5, 5.41) is 6.76. The molecule has 14 heavy (non-hydrogen) atoms. The van der Waals surface area contributed by atoms with Gasteiger partial charge in [0.05, 0.1) is 4.47 Å². The summed E-state index contributed by atoms with van der Waals surface area (Å²) in [6.45, 7) is 4.23. The predicted molar refractivity (Wildman–Crippen MR) is 59.2 cm³/mol. The number of hydrogen-bond acceptors (Lipinski definition) is 4. The molecular formula is C9H13BrN4. The summed E-state index contributed by atoms with van der Waals surface area (Å²) in [4.78, 5) is 8.12. The van der Waals surface area contributed by atoms with Crippen molar-refractivity contribution in [2.24, 2.45) is 0 Å². The molecule has 1 aliphatic heterocycles. The molecule has 1 fully saturated rings. The Labute approximate surface area is 91.7 Å². The zero-order valence-corrected chi connectivity index (χ0v) is 9.63. The number of nitrogens with zero attached hydrogens (tertiary/aromatic N) is 2. The molecule has 2 heterocycles. The van der Waals surface area contributed by atoms with E-state index < -0.39 is 0 Å². The molecule has 76 valence electrons. The minimum absolute atomic E-state index is 0.108. The maximum Gasteiger partial charge on any atom is 0.144 e. The smallest absolute Gasteiger partial charge is 0.144 e. The fourth-order valence-electron chi connectivity index (χ4n) is 1.61. The highest BCUT2D eigenvalue weighted by Gasteiger charge is 2.28. The van der Waals surface area contributed by atoms with Crippen molar-refractivity contribution in [2.75, 3.05) is 18.4 Å². The van der Waals surface area contributed by atoms with Crippen LogP contribution in [-0.4, -0.2) is 28.6 Å². The van der Waals surface area contributed by atoms with Gasteiger partial charge in [0.25, 0.3) is 0 Å². The number of rotatable bonds is 2. The van der Waals surface area contributed by atoms with E-state index in [1.165, 1.54) is 0 Å². The third-order valence-electron chi connectivity index (χ3n) is 2.46. The van der Waals surface area contributed by atoms with Crippen molar-refractivity contribution in [2.45, 2.75) is 18.9 Å². The average molecular weight is 257 g/mol. The van der Waals surface area contributed by atoms with Crippen LogP contribution >= 0.6 is 15.9 Å². The summed E-state index contributed by atoms with van der Waals surface area (Å²) in [5.74, 6) is 0.867. The van der Waals surface area contributed by atoms with E-state index in [-0.39, 0.29) is 5.54 Å². The van der Waals surface area contributed by atoms with E-state index in [4.69, 9.17) is 0 Å². The van der Waals surface area contributed by atoms with Gasteiger partial charge in [-0.2, -0.15) is 0 Å². The van der Waals surface area contributed by atoms with Gasteiger partial charge in [0.2, 0.25) is 0 Å². The van der Waals surface area contributed by atoms with E-state index in [0.717, 1.165) is 29.8 Å². The van der Waals surface area contributed by atoms with Gasteiger partial charge in [-0.1, -0.05) is 0 Å². The Hall–Kier alpha value is -0.680. The van der Waals surface area contributed by atoms with Crippen LogP contribution in [0.2, 0.25) is 0 Å². The lowest BCUT2D eigenvalue weighted by atomic mass is 10.0. The maximum atomic E-state index is 4.19. The van der Waals surface area contributed by atoms with Crippen LogP contribution in [0.15, 0.2) is 17.0 Å². The molecule has 0 aliphatic carbocycles. The second-order valence-electron chi connectivity index (χ2n) is 3.83. The molecule has 1 atom stereocenters. The van der Waals surface area contributed by atoms with E-state index in [9.17, 15) is 0 Å². The first-order valence-electron chi connectivity index (χ1n) is 4.64. The largest absolute Gasteiger partial charge is 0.363 e. The van der Waals surface area contributed by atoms with Crippen LogP contribution in [0.3, 0.4) is 0 Å². The standard InChI is InChI=1S/C9H13BrN4/c1-9(2-3-11-5-9)14-8-7(10)4-12-6-13-8/h4,6,11H,2-3,5H2,1H3,(H,12,13,14). The molecule has 1 aliphatic rings. The van der Waals surface area contributed by atoms with E-state index in [1.54, 1.807) is 12.5 Å². The normalized spacial score (nSPS) is 26.4. The summed E-state index contributed by atoms with van der Waals surface area (Å²) in [7, 11) is 0. The summed E-state index contributed by atoms with van der Waals surface area (Å²) in [6.07, 6.45) is 4.42. The van der Waals surface area contributed by atoms with Gasteiger partial charge in [0.15, 0.2) is 0 Å². The Morgan fingerprint density at radius 3 is 3.14 bits per heavy atom. The lowest BCUT2D eigenvalue weighted by Crippen LogP contribution is -2.37. The van der Waals surface area contributed by atoms with Gasteiger partial charge >= 0.3 is 0 Å². The van der Waals surface area contributed by atoms with Crippen molar-refractivity contribution in [1.82, 2.24) is 15.3 Å². The predicted octanol–water partition coefficient (Wildman–Crippen LogP) is 1.40.